The van der Waals surface area contributed by atoms with Gasteiger partial charge in [0.1, 0.15) is 5.82 Å². The molecule has 1 unspecified atom stereocenters. The number of nitrogens with one attached hydrogen (secondary N) is 1. The van der Waals surface area contributed by atoms with Gasteiger partial charge in [0.25, 0.3) is 0 Å². The predicted octanol–water partition coefficient (Wildman–Crippen LogP) is 5.56. The summed E-state index contributed by atoms with van der Waals surface area (Å²) in [5.74, 6) is -0.0999. The molecule has 8 nitrogen and oxygen atoms in total. The number of benzene rings is 1. The van der Waals surface area contributed by atoms with Crippen molar-refractivity contribution in [1.29, 1.82) is 0 Å². The van der Waals surface area contributed by atoms with E-state index < -0.39 is 0 Å². The van der Waals surface area contributed by atoms with Gasteiger partial charge in [0.2, 0.25) is 0 Å². The minimum Gasteiger partial charge on any atom is -0.370 e. The van der Waals surface area contributed by atoms with Crippen LogP contribution in [-0.2, 0) is 6.54 Å². The van der Waals surface area contributed by atoms with Crippen molar-refractivity contribution in [1.82, 2.24) is 19.9 Å². The number of nitrogens with two attached hydrogens (primary N) is 1. The maximum Gasteiger partial charge on any atom is 0.193 e. The minimum absolute atomic E-state index is 0.0296. The van der Waals surface area contributed by atoms with Gasteiger partial charge < -0.3 is 25.4 Å². The first-order valence-corrected chi connectivity index (χ1v) is 16.6. The number of piperidine rings is 2. The molecular weight excluding hydrogens is 565 g/mol. The molecule has 7 rings (SSSR count). The third kappa shape index (κ3) is 6.20. The summed E-state index contributed by atoms with van der Waals surface area (Å²) in [6.45, 7) is 8.12. The van der Waals surface area contributed by atoms with E-state index in [1.54, 1.807) is 6.07 Å². The third-order valence-corrected chi connectivity index (χ3v) is 9.96. The number of halogens is 1. The SMILES string of the molecule is Cc1ccc(N2CCC[C@H](C(NCc3cn(C4CC4)c4ccc(F)cc4c3=O)c3ccnc(C)c3N3CCC[C@@H](N)C3)C2)cn1. The van der Waals surface area contributed by atoms with Crippen LogP contribution >= 0.6 is 0 Å². The number of nitrogens with zero attached hydrogens (tertiary/aromatic N) is 5. The van der Waals surface area contributed by atoms with Gasteiger partial charge in [-0.2, -0.15) is 0 Å². The molecule has 0 bridgehead atoms. The lowest BCUT2D eigenvalue weighted by Crippen LogP contribution is -2.45. The summed E-state index contributed by atoms with van der Waals surface area (Å²) in [4.78, 5) is 28.0. The predicted molar refractivity (Wildman–Crippen MR) is 178 cm³/mol. The molecule has 0 amide bonds. The lowest BCUT2D eigenvalue weighted by atomic mass is 9.84. The highest BCUT2D eigenvalue weighted by Crippen LogP contribution is 2.39. The van der Waals surface area contributed by atoms with Crippen molar-refractivity contribution in [2.75, 3.05) is 36.0 Å². The molecule has 2 aliphatic heterocycles. The largest absolute Gasteiger partial charge is 0.370 e. The normalized spacial score (nSPS) is 21.3. The molecule has 3 aliphatic rings. The van der Waals surface area contributed by atoms with Crippen molar-refractivity contribution < 1.29 is 4.39 Å². The summed E-state index contributed by atoms with van der Waals surface area (Å²) in [5.41, 5.74) is 13.4. The van der Waals surface area contributed by atoms with Crippen LogP contribution in [0.3, 0.4) is 0 Å². The number of hydrogen-bond acceptors (Lipinski definition) is 7. The standard InChI is InChI=1S/C36H44FN7O/c1-23-7-9-30(19-40-23)42-15-3-5-25(20-42)34(31-13-14-39-24(2)35(31)43-16-4-6-28(38)22-43)41-18-26-21-44(29-10-11-29)33-12-8-27(37)17-32(33)36(26)45/h7-9,12-14,17,19,21,25,28-29,34,41H,3-6,10-11,15-16,18,20,22,38H2,1-2H3/t25-,28+,34?/m0/s1. The summed E-state index contributed by atoms with van der Waals surface area (Å²) in [6.07, 6.45) is 12.3. The number of hydrogen-bond donors (Lipinski definition) is 2. The smallest absolute Gasteiger partial charge is 0.193 e. The van der Waals surface area contributed by atoms with Crippen molar-refractivity contribution in [3.05, 3.63) is 93.5 Å². The molecule has 1 saturated carbocycles. The van der Waals surface area contributed by atoms with Gasteiger partial charge in [-0.3, -0.25) is 14.8 Å². The van der Waals surface area contributed by atoms with Crippen LogP contribution in [0.15, 0.2) is 59.8 Å². The van der Waals surface area contributed by atoms with Gasteiger partial charge in [0, 0.05) is 79.9 Å². The first kappa shape index (κ1) is 29.9. The molecule has 4 aromatic rings. The second-order valence-corrected chi connectivity index (χ2v) is 13.3. The van der Waals surface area contributed by atoms with Crippen LogP contribution in [0.4, 0.5) is 15.8 Å². The Morgan fingerprint density at radius 1 is 1.00 bits per heavy atom. The first-order chi connectivity index (χ1) is 21.9. The zero-order chi connectivity index (χ0) is 31.1. The molecule has 0 radical (unpaired) electrons. The van der Waals surface area contributed by atoms with E-state index in [9.17, 15) is 9.18 Å². The van der Waals surface area contributed by atoms with Crippen LogP contribution < -0.4 is 26.3 Å². The number of rotatable bonds is 8. The summed E-state index contributed by atoms with van der Waals surface area (Å²) < 4.78 is 16.6. The second kappa shape index (κ2) is 12.5. The zero-order valence-corrected chi connectivity index (χ0v) is 26.4. The Labute approximate surface area is 264 Å². The Morgan fingerprint density at radius 3 is 2.60 bits per heavy atom. The lowest BCUT2D eigenvalue weighted by molar-refractivity contribution is 0.306. The van der Waals surface area contributed by atoms with Crippen molar-refractivity contribution in [3.63, 3.8) is 0 Å². The van der Waals surface area contributed by atoms with E-state index in [1.807, 2.05) is 25.5 Å². The summed E-state index contributed by atoms with van der Waals surface area (Å²) in [5, 5.41) is 4.35. The first-order valence-electron chi connectivity index (χ1n) is 16.6. The van der Waals surface area contributed by atoms with E-state index in [0.29, 0.717) is 23.5 Å². The van der Waals surface area contributed by atoms with Gasteiger partial charge in [-0.05, 0) is 100 Å². The van der Waals surface area contributed by atoms with Crippen LogP contribution in [0.1, 0.15) is 73.1 Å². The molecule has 3 atom stereocenters. The quantitative estimate of drug-likeness (QED) is 0.270. The molecule has 236 valence electrons. The molecule has 5 heterocycles. The van der Waals surface area contributed by atoms with Crippen molar-refractivity contribution >= 4 is 22.3 Å². The molecule has 1 aliphatic carbocycles. The van der Waals surface area contributed by atoms with Gasteiger partial charge in [-0.25, -0.2) is 4.39 Å². The van der Waals surface area contributed by atoms with Crippen molar-refractivity contribution in [2.45, 2.75) is 77.0 Å². The van der Waals surface area contributed by atoms with Gasteiger partial charge in [0.15, 0.2) is 5.43 Å². The fraction of sp³-hybridized carbons (Fsp3) is 0.472. The monoisotopic (exact) mass is 609 g/mol. The summed E-state index contributed by atoms with van der Waals surface area (Å²) in [7, 11) is 0. The van der Waals surface area contributed by atoms with Crippen LogP contribution in [0.5, 0.6) is 0 Å². The van der Waals surface area contributed by atoms with E-state index in [2.05, 4.69) is 49.8 Å². The van der Waals surface area contributed by atoms with Crippen LogP contribution in [0.25, 0.3) is 10.9 Å². The highest BCUT2D eigenvalue weighted by atomic mass is 19.1. The van der Waals surface area contributed by atoms with E-state index >= 15 is 0 Å². The minimum atomic E-state index is -0.380. The average molecular weight is 610 g/mol. The molecule has 2 saturated heterocycles. The van der Waals surface area contributed by atoms with E-state index in [-0.39, 0.29) is 29.2 Å². The maximum atomic E-state index is 14.4. The average Bonchev–Trinajstić information content (AvgIpc) is 3.89. The fourth-order valence-electron chi connectivity index (χ4n) is 7.53. The summed E-state index contributed by atoms with van der Waals surface area (Å²) in [6, 6.07) is 11.5. The summed E-state index contributed by atoms with van der Waals surface area (Å²) >= 11 is 0. The Hall–Kier alpha value is -3.82. The molecule has 1 aromatic carbocycles. The van der Waals surface area contributed by atoms with Crippen molar-refractivity contribution in [3.8, 4) is 0 Å². The van der Waals surface area contributed by atoms with Crippen LogP contribution in [0.2, 0.25) is 0 Å². The topological polar surface area (TPSA) is 92.3 Å². The number of anilines is 2. The highest BCUT2D eigenvalue weighted by Gasteiger charge is 2.33. The third-order valence-electron chi connectivity index (χ3n) is 9.96. The molecule has 0 spiro atoms. The highest BCUT2D eigenvalue weighted by molar-refractivity contribution is 5.80. The fourth-order valence-corrected chi connectivity index (χ4v) is 7.53. The number of aryl methyl sites for hydroxylation is 2. The molecular formula is C36H44FN7O. The number of fused-ring (bicyclic) bond motifs is 1. The molecule has 3 fully saturated rings. The zero-order valence-electron chi connectivity index (χ0n) is 26.4. The van der Waals surface area contributed by atoms with E-state index in [0.717, 1.165) is 93.0 Å². The Morgan fingerprint density at radius 2 is 1.82 bits per heavy atom. The van der Waals surface area contributed by atoms with Gasteiger partial charge >= 0.3 is 0 Å². The second-order valence-electron chi connectivity index (χ2n) is 13.3. The Kier molecular flexibility index (Phi) is 8.31. The van der Waals surface area contributed by atoms with Crippen LogP contribution in [0, 0.1) is 25.6 Å². The van der Waals surface area contributed by atoms with Crippen molar-refractivity contribution in [2.24, 2.45) is 11.7 Å². The molecule has 3 aromatic heterocycles. The van der Waals surface area contributed by atoms with Gasteiger partial charge in [-0.15, -0.1) is 0 Å². The van der Waals surface area contributed by atoms with Gasteiger partial charge in [-0.1, -0.05) is 0 Å². The lowest BCUT2D eigenvalue weighted by Gasteiger charge is -2.41. The number of aromatic nitrogens is 3. The molecule has 45 heavy (non-hydrogen) atoms. The molecule has 3 N–H and O–H groups in total. The maximum absolute atomic E-state index is 14.4. The van der Waals surface area contributed by atoms with Crippen LogP contribution in [-0.4, -0.2) is 46.8 Å². The molecule has 9 heteroatoms. The number of pyridine rings is 3. The Bertz CT molecular complexity index is 1730. The van der Waals surface area contributed by atoms with Gasteiger partial charge in [0.05, 0.1) is 28.8 Å². The Balaban J connectivity index is 1.27. The van der Waals surface area contributed by atoms with E-state index in [1.165, 1.54) is 17.7 Å². The van der Waals surface area contributed by atoms with E-state index in [4.69, 9.17) is 10.7 Å².